The maximum Gasteiger partial charge on any atom is 0.0688 e. The number of nitrogens with zero attached hydrogens (tertiary/aromatic N) is 1. The first kappa shape index (κ1) is 9.71. The van der Waals surface area contributed by atoms with Crippen molar-refractivity contribution in [2.24, 2.45) is 0 Å². The highest BCUT2D eigenvalue weighted by Gasteiger charge is 2.32. The number of hydrogen-bond acceptors (Lipinski definition) is 1. The second-order valence-corrected chi connectivity index (χ2v) is 5.22. The van der Waals surface area contributed by atoms with Gasteiger partial charge in [0.1, 0.15) is 0 Å². The minimum atomic E-state index is 0.721. The Morgan fingerprint density at radius 1 is 1.20 bits per heavy atom. The second-order valence-electron chi connectivity index (χ2n) is 4.84. The first-order valence-corrected chi connectivity index (χ1v) is 6.56. The number of hydrogen-bond donors (Lipinski definition) is 1. The minimum absolute atomic E-state index is 0.721. The van der Waals surface area contributed by atoms with Crippen LogP contribution in [0.25, 0.3) is 0 Å². The van der Waals surface area contributed by atoms with E-state index in [0.29, 0.717) is 0 Å². The molecule has 0 atom stereocenters. The summed E-state index contributed by atoms with van der Waals surface area (Å²) in [5.74, 6) is 2.22. The number of alkyl halides is 1. The summed E-state index contributed by atoms with van der Waals surface area (Å²) in [6.07, 6.45) is 7.68. The van der Waals surface area contributed by atoms with Crippen LogP contribution in [0.1, 0.15) is 60.9 Å². The molecule has 2 aliphatic carbocycles. The minimum Gasteiger partial charge on any atom is -0.282 e. The van der Waals surface area contributed by atoms with E-state index in [2.05, 4.69) is 10.2 Å². The molecule has 0 saturated heterocycles. The third-order valence-corrected chi connectivity index (χ3v) is 3.94. The first-order valence-electron chi connectivity index (χ1n) is 6.03. The van der Waals surface area contributed by atoms with Crippen molar-refractivity contribution >= 4 is 11.6 Å². The summed E-state index contributed by atoms with van der Waals surface area (Å²) in [5, 5.41) is 7.80. The largest absolute Gasteiger partial charge is 0.282 e. The molecular formula is C12H17ClN2. The number of H-pyrrole nitrogens is 1. The van der Waals surface area contributed by atoms with E-state index in [1.165, 1.54) is 49.1 Å². The van der Waals surface area contributed by atoms with Crippen molar-refractivity contribution in [2.45, 2.75) is 50.4 Å². The van der Waals surface area contributed by atoms with E-state index in [-0.39, 0.29) is 0 Å². The van der Waals surface area contributed by atoms with Gasteiger partial charge in [0.25, 0.3) is 0 Å². The van der Waals surface area contributed by atoms with Gasteiger partial charge >= 0.3 is 0 Å². The van der Waals surface area contributed by atoms with Gasteiger partial charge in [-0.1, -0.05) is 6.42 Å². The molecule has 1 aromatic heterocycles. The molecule has 3 heteroatoms. The van der Waals surface area contributed by atoms with Gasteiger partial charge in [-0.05, 0) is 37.7 Å². The van der Waals surface area contributed by atoms with Crippen LogP contribution < -0.4 is 0 Å². The Hall–Kier alpha value is -0.500. The van der Waals surface area contributed by atoms with Crippen molar-refractivity contribution in [1.29, 1.82) is 0 Å². The van der Waals surface area contributed by atoms with E-state index >= 15 is 0 Å². The molecule has 2 saturated carbocycles. The summed E-state index contributed by atoms with van der Waals surface area (Å²) in [5.41, 5.74) is 4.19. The third-order valence-electron chi connectivity index (χ3n) is 3.75. The fraction of sp³-hybridized carbons (Fsp3) is 0.750. The van der Waals surface area contributed by atoms with Crippen molar-refractivity contribution in [3.8, 4) is 0 Å². The fourth-order valence-electron chi connectivity index (χ4n) is 2.48. The van der Waals surface area contributed by atoms with Crippen LogP contribution in [-0.4, -0.2) is 16.1 Å². The molecule has 0 bridgehead atoms. The summed E-state index contributed by atoms with van der Waals surface area (Å²) in [6, 6.07) is 0. The van der Waals surface area contributed by atoms with Gasteiger partial charge in [-0.25, -0.2) is 0 Å². The average Bonchev–Trinajstić information content (AvgIpc) is 2.91. The van der Waals surface area contributed by atoms with Gasteiger partial charge in [-0.3, -0.25) is 5.10 Å². The number of halogens is 1. The topological polar surface area (TPSA) is 28.7 Å². The van der Waals surface area contributed by atoms with Crippen LogP contribution in [0.15, 0.2) is 0 Å². The molecular weight excluding hydrogens is 208 g/mol. The molecule has 0 amide bonds. The SMILES string of the molecule is ClCCc1c(C2CCC2)n[nH]c1C1CC1. The zero-order valence-corrected chi connectivity index (χ0v) is 9.69. The van der Waals surface area contributed by atoms with Crippen molar-refractivity contribution in [2.75, 3.05) is 5.88 Å². The molecule has 2 nitrogen and oxygen atoms in total. The summed E-state index contributed by atoms with van der Waals surface area (Å²) in [4.78, 5) is 0. The molecule has 82 valence electrons. The molecule has 1 aromatic rings. The first-order chi connectivity index (χ1) is 7.40. The fourth-order valence-corrected chi connectivity index (χ4v) is 2.67. The zero-order valence-electron chi connectivity index (χ0n) is 8.93. The van der Waals surface area contributed by atoms with E-state index in [4.69, 9.17) is 11.6 Å². The lowest BCUT2D eigenvalue weighted by Crippen LogP contribution is -2.11. The average molecular weight is 225 g/mol. The van der Waals surface area contributed by atoms with Crippen LogP contribution in [0, 0.1) is 0 Å². The highest BCUT2D eigenvalue weighted by molar-refractivity contribution is 6.18. The molecule has 0 aromatic carbocycles. The van der Waals surface area contributed by atoms with E-state index < -0.39 is 0 Å². The normalized spacial score (nSPS) is 21.7. The molecule has 0 radical (unpaired) electrons. The molecule has 0 spiro atoms. The number of nitrogens with one attached hydrogen (secondary N) is 1. The number of rotatable bonds is 4. The number of aromatic amines is 1. The second kappa shape index (κ2) is 3.82. The molecule has 2 aliphatic rings. The summed E-state index contributed by atoms with van der Waals surface area (Å²) >= 11 is 5.89. The Kier molecular flexibility index (Phi) is 2.47. The Labute approximate surface area is 95.4 Å². The van der Waals surface area contributed by atoms with Crippen LogP contribution in [0.2, 0.25) is 0 Å². The Bertz CT molecular complexity index is 351. The van der Waals surface area contributed by atoms with Gasteiger partial charge in [0.2, 0.25) is 0 Å². The third kappa shape index (κ3) is 1.69. The summed E-state index contributed by atoms with van der Waals surface area (Å²) < 4.78 is 0. The Morgan fingerprint density at radius 3 is 2.53 bits per heavy atom. The van der Waals surface area contributed by atoms with Crippen LogP contribution in [0.3, 0.4) is 0 Å². The van der Waals surface area contributed by atoms with E-state index in [1.807, 2.05) is 0 Å². The summed E-state index contributed by atoms with van der Waals surface area (Å²) in [7, 11) is 0. The van der Waals surface area contributed by atoms with Gasteiger partial charge in [-0.2, -0.15) is 5.10 Å². The van der Waals surface area contributed by atoms with Crippen molar-refractivity contribution < 1.29 is 0 Å². The van der Waals surface area contributed by atoms with E-state index in [0.717, 1.165) is 24.1 Å². The number of aromatic nitrogens is 2. The maximum atomic E-state index is 5.89. The van der Waals surface area contributed by atoms with Crippen LogP contribution in [-0.2, 0) is 6.42 Å². The molecule has 2 fully saturated rings. The van der Waals surface area contributed by atoms with Gasteiger partial charge < -0.3 is 0 Å². The maximum absolute atomic E-state index is 5.89. The molecule has 0 aliphatic heterocycles. The molecule has 1 heterocycles. The van der Waals surface area contributed by atoms with Crippen molar-refractivity contribution in [1.82, 2.24) is 10.2 Å². The van der Waals surface area contributed by atoms with Crippen LogP contribution in [0.5, 0.6) is 0 Å². The van der Waals surface area contributed by atoms with Crippen LogP contribution >= 0.6 is 11.6 Å². The smallest absolute Gasteiger partial charge is 0.0688 e. The lowest BCUT2D eigenvalue weighted by molar-refractivity contribution is 0.408. The lowest BCUT2D eigenvalue weighted by Gasteiger charge is -2.24. The van der Waals surface area contributed by atoms with E-state index in [9.17, 15) is 0 Å². The standard InChI is InChI=1S/C12H17ClN2/c13-7-6-10-11(8-2-1-3-8)14-15-12(10)9-4-5-9/h8-9H,1-7H2,(H,14,15). The molecule has 1 N–H and O–H groups in total. The molecule has 15 heavy (non-hydrogen) atoms. The van der Waals surface area contributed by atoms with Gasteiger partial charge in [0.15, 0.2) is 0 Å². The van der Waals surface area contributed by atoms with Crippen LogP contribution in [0.4, 0.5) is 0 Å². The van der Waals surface area contributed by atoms with Crippen molar-refractivity contribution in [3.05, 3.63) is 17.0 Å². The van der Waals surface area contributed by atoms with Gasteiger partial charge in [0, 0.05) is 23.4 Å². The predicted molar refractivity (Wildman–Crippen MR) is 61.6 cm³/mol. The highest BCUT2D eigenvalue weighted by atomic mass is 35.5. The lowest BCUT2D eigenvalue weighted by atomic mass is 9.81. The predicted octanol–water partition coefficient (Wildman–Crippen LogP) is 3.34. The quantitative estimate of drug-likeness (QED) is 0.781. The van der Waals surface area contributed by atoms with Gasteiger partial charge in [0.05, 0.1) is 5.69 Å². The zero-order chi connectivity index (χ0) is 10.3. The van der Waals surface area contributed by atoms with E-state index in [1.54, 1.807) is 0 Å². The summed E-state index contributed by atoms with van der Waals surface area (Å²) in [6.45, 7) is 0. The van der Waals surface area contributed by atoms with Crippen molar-refractivity contribution in [3.63, 3.8) is 0 Å². The van der Waals surface area contributed by atoms with Gasteiger partial charge in [-0.15, -0.1) is 11.6 Å². The highest BCUT2D eigenvalue weighted by Crippen LogP contribution is 2.44. The Balaban J connectivity index is 1.90. The monoisotopic (exact) mass is 224 g/mol. The molecule has 3 rings (SSSR count). The molecule has 0 unspecified atom stereocenters. The Morgan fingerprint density at radius 2 is 2.00 bits per heavy atom.